The maximum atomic E-state index is 12.4. The fourth-order valence-corrected chi connectivity index (χ4v) is 5.93. The van der Waals surface area contributed by atoms with Crippen LogP contribution in [0.3, 0.4) is 0 Å². The van der Waals surface area contributed by atoms with Crippen LogP contribution in [0.4, 0.5) is 0 Å². The van der Waals surface area contributed by atoms with Gasteiger partial charge in [0.05, 0.1) is 17.1 Å². The van der Waals surface area contributed by atoms with Crippen molar-refractivity contribution in [1.29, 1.82) is 0 Å². The third-order valence-corrected chi connectivity index (χ3v) is 6.65. The summed E-state index contributed by atoms with van der Waals surface area (Å²) in [5, 5.41) is 25.1. The number of hydrogen-bond acceptors (Lipinski definition) is 5. The number of ketones is 1. The molecule has 5 aliphatic rings. The molecule has 0 radical (unpaired) electrons. The van der Waals surface area contributed by atoms with Gasteiger partial charge in [-0.25, -0.2) is 0 Å². The summed E-state index contributed by atoms with van der Waals surface area (Å²) in [6.07, 6.45) is 1.78. The second-order valence-corrected chi connectivity index (χ2v) is 7.39. The third-order valence-electron chi connectivity index (χ3n) is 6.65. The predicted molar refractivity (Wildman–Crippen MR) is 71.4 cm³/mol. The van der Waals surface area contributed by atoms with E-state index in [4.69, 9.17) is 4.74 Å². The van der Waals surface area contributed by atoms with Gasteiger partial charge in [0, 0.05) is 17.5 Å². The third kappa shape index (κ3) is 0.849. The smallest absolute Gasteiger partial charge is 0.174 e. The van der Waals surface area contributed by atoms with Crippen molar-refractivity contribution in [2.45, 2.75) is 54.4 Å². The molecule has 2 spiro atoms. The lowest BCUT2D eigenvalue weighted by atomic mass is 9.57. The van der Waals surface area contributed by atoms with Gasteiger partial charge in [0.15, 0.2) is 23.4 Å². The molecule has 3 fully saturated rings. The molecule has 1 saturated heterocycles. The average molecular weight is 285 g/mol. The molecule has 3 N–H and O–H groups in total. The Hall–Kier alpha value is -1.59. The summed E-state index contributed by atoms with van der Waals surface area (Å²) in [6.45, 7) is 0. The van der Waals surface area contributed by atoms with Gasteiger partial charge < -0.3 is 20.3 Å². The van der Waals surface area contributed by atoms with Gasteiger partial charge in [0.2, 0.25) is 0 Å². The number of carbonyl (C=O) groups excluding carboxylic acids is 1. The van der Waals surface area contributed by atoms with Crippen LogP contribution < -0.4 is 10.1 Å². The van der Waals surface area contributed by atoms with Crippen LogP contribution in [0, 0.1) is 0 Å². The molecule has 0 amide bonds. The van der Waals surface area contributed by atoms with E-state index in [9.17, 15) is 15.0 Å². The lowest BCUT2D eigenvalue weighted by Crippen LogP contribution is -2.64. The van der Waals surface area contributed by atoms with Crippen molar-refractivity contribution >= 4 is 5.78 Å². The van der Waals surface area contributed by atoms with E-state index in [0.29, 0.717) is 18.6 Å². The maximum Gasteiger partial charge on any atom is 0.174 e. The van der Waals surface area contributed by atoms with Crippen LogP contribution in [-0.2, 0) is 16.6 Å². The highest BCUT2D eigenvalue weighted by Gasteiger charge is 2.85. The highest BCUT2D eigenvalue weighted by Crippen LogP contribution is 2.72. The standard InChI is InChI=1S/C16H15NO4/c18-8-2-1-7-5-14-6-15-10(7)11(8)21-12(15)9(19)3-4-16(15,20)13(14)17-14/h1-2,12-13,17-18,20H,3-6H2. The van der Waals surface area contributed by atoms with Gasteiger partial charge in [-0.05, 0) is 30.9 Å². The number of carbonyl (C=O) groups is 1. The largest absolute Gasteiger partial charge is 0.504 e. The predicted octanol–water partition coefficient (Wildman–Crippen LogP) is 0.155. The quantitative estimate of drug-likeness (QED) is 0.591. The maximum absolute atomic E-state index is 12.4. The first-order chi connectivity index (χ1) is 10.0. The Bertz CT molecular complexity index is 761. The Morgan fingerprint density at radius 1 is 1.38 bits per heavy atom. The van der Waals surface area contributed by atoms with E-state index in [0.717, 1.165) is 24.0 Å². The van der Waals surface area contributed by atoms with Crippen LogP contribution in [0.25, 0.3) is 0 Å². The van der Waals surface area contributed by atoms with E-state index in [1.165, 1.54) is 0 Å². The average Bonchev–Trinajstić information content (AvgIpc) is 2.95. The normalized spacial score (nSPS) is 50.4. The van der Waals surface area contributed by atoms with Gasteiger partial charge in [0.1, 0.15) is 0 Å². The zero-order chi connectivity index (χ0) is 14.2. The summed E-state index contributed by atoms with van der Waals surface area (Å²) in [5.41, 5.74) is 0.349. The highest BCUT2D eigenvalue weighted by molar-refractivity contribution is 5.90. The fourth-order valence-electron chi connectivity index (χ4n) is 5.93. The van der Waals surface area contributed by atoms with E-state index in [1.807, 2.05) is 6.07 Å². The molecule has 2 saturated carbocycles. The van der Waals surface area contributed by atoms with Crippen LogP contribution in [0.1, 0.15) is 30.4 Å². The Morgan fingerprint density at radius 3 is 3.10 bits per heavy atom. The molecule has 3 aliphatic carbocycles. The fraction of sp³-hybridized carbons (Fsp3) is 0.562. The van der Waals surface area contributed by atoms with Crippen molar-refractivity contribution < 1.29 is 19.7 Å². The number of aliphatic hydroxyl groups is 1. The Morgan fingerprint density at radius 2 is 2.24 bits per heavy atom. The molecule has 0 aromatic heterocycles. The minimum atomic E-state index is -0.935. The van der Waals surface area contributed by atoms with Crippen molar-refractivity contribution in [3.63, 3.8) is 0 Å². The number of phenols is 1. The molecule has 5 nitrogen and oxygen atoms in total. The topological polar surface area (TPSA) is 88.7 Å². The van der Waals surface area contributed by atoms with Gasteiger partial charge in [-0.1, -0.05) is 6.07 Å². The molecule has 5 unspecified atom stereocenters. The molecule has 21 heavy (non-hydrogen) atoms. The van der Waals surface area contributed by atoms with E-state index in [2.05, 4.69) is 5.32 Å². The summed E-state index contributed by atoms with van der Waals surface area (Å²) < 4.78 is 5.91. The Balaban J connectivity index is 1.76. The first kappa shape index (κ1) is 11.0. The summed E-state index contributed by atoms with van der Waals surface area (Å²) in [7, 11) is 0. The molecule has 2 heterocycles. The van der Waals surface area contributed by atoms with Gasteiger partial charge in [-0.15, -0.1) is 0 Å². The van der Waals surface area contributed by atoms with Crippen molar-refractivity contribution in [3.05, 3.63) is 23.3 Å². The molecule has 1 aromatic rings. The molecule has 108 valence electrons. The molecule has 5 heteroatoms. The van der Waals surface area contributed by atoms with Gasteiger partial charge in [0.25, 0.3) is 0 Å². The number of fused-ring (bicyclic) bond motifs is 1. The SMILES string of the molecule is O=C1CCC2(O)C3NC34Cc3ccc(O)c5c3C2(C4)C1O5. The summed E-state index contributed by atoms with van der Waals surface area (Å²) >= 11 is 0. The van der Waals surface area contributed by atoms with Crippen LogP contribution in [0.15, 0.2) is 12.1 Å². The minimum absolute atomic E-state index is 0.0460. The van der Waals surface area contributed by atoms with Crippen LogP contribution in [0.5, 0.6) is 11.5 Å². The van der Waals surface area contributed by atoms with E-state index in [-0.39, 0.29) is 23.1 Å². The number of phenolic OH excluding ortho intramolecular Hbond substituents is 1. The zero-order valence-corrected chi connectivity index (χ0v) is 11.3. The zero-order valence-electron chi connectivity index (χ0n) is 11.3. The number of benzene rings is 1. The summed E-state index contributed by atoms with van der Waals surface area (Å²) in [5.74, 6) is 0.569. The second-order valence-electron chi connectivity index (χ2n) is 7.39. The van der Waals surface area contributed by atoms with Crippen molar-refractivity contribution in [3.8, 4) is 11.5 Å². The molecule has 2 bridgehead atoms. The molecule has 5 atom stereocenters. The van der Waals surface area contributed by atoms with Crippen molar-refractivity contribution in [2.75, 3.05) is 0 Å². The van der Waals surface area contributed by atoms with Crippen molar-refractivity contribution in [1.82, 2.24) is 5.32 Å². The first-order valence-electron chi connectivity index (χ1n) is 7.57. The number of rotatable bonds is 0. The van der Waals surface area contributed by atoms with E-state index >= 15 is 0 Å². The molecule has 6 rings (SSSR count). The van der Waals surface area contributed by atoms with E-state index in [1.54, 1.807) is 6.07 Å². The summed E-state index contributed by atoms with van der Waals surface area (Å²) in [4.78, 5) is 12.4. The monoisotopic (exact) mass is 285 g/mol. The Labute approximate surface area is 120 Å². The molecular formula is C16H15NO4. The van der Waals surface area contributed by atoms with Crippen LogP contribution in [-0.4, -0.2) is 39.3 Å². The Kier molecular flexibility index (Phi) is 1.42. The molecular weight excluding hydrogens is 270 g/mol. The van der Waals surface area contributed by atoms with Crippen LogP contribution >= 0.6 is 0 Å². The number of piperidine rings is 1. The number of aromatic hydroxyl groups is 1. The van der Waals surface area contributed by atoms with Crippen LogP contribution in [0.2, 0.25) is 0 Å². The summed E-state index contributed by atoms with van der Waals surface area (Å²) in [6, 6.07) is 3.61. The number of Topliss-reactive ketones (excluding diaryl/α,β-unsaturated/α-hetero) is 1. The second kappa shape index (κ2) is 2.71. The highest BCUT2D eigenvalue weighted by atomic mass is 16.5. The lowest BCUT2D eigenvalue weighted by molar-refractivity contribution is -0.146. The first-order valence-corrected chi connectivity index (χ1v) is 7.57. The van der Waals surface area contributed by atoms with Gasteiger partial charge in [-0.3, -0.25) is 4.79 Å². The number of nitrogens with one attached hydrogen (secondary N) is 1. The van der Waals surface area contributed by atoms with Gasteiger partial charge >= 0.3 is 0 Å². The number of hydrogen-bond donors (Lipinski definition) is 3. The van der Waals surface area contributed by atoms with E-state index < -0.39 is 17.1 Å². The molecule has 2 aliphatic heterocycles. The lowest BCUT2D eigenvalue weighted by Gasteiger charge is -2.48. The number of ether oxygens (including phenoxy) is 1. The van der Waals surface area contributed by atoms with Gasteiger partial charge in [-0.2, -0.15) is 0 Å². The minimum Gasteiger partial charge on any atom is -0.504 e. The molecule has 1 aromatic carbocycles. The van der Waals surface area contributed by atoms with Crippen molar-refractivity contribution in [2.24, 2.45) is 0 Å².